The molecule has 0 radical (unpaired) electrons. The van der Waals surface area contributed by atoms with Crippen LogP contribution in [0.2, 0.25) is 0 Å². The van der Waals surface area contributed by atoms with E-state index in [1.807, 2.05) is 7.05 Å². The Bertz CT molecular complexity index is 409. The molecule has 1 saturated heterocycles. The maximum atomic E-state index is 5.34. The van der Waals surface area contributed by atoms with E-state index in [9.17, 15) is 0 Å². The molecular weight excluding hydrogens is 455 g/mol. The molecule has 0 aromatic rings. The molecule has 1 aliphatic carbocycles. The minimum Gasteiger partial charge on any atom is -0.385 e. The molecule has 1 heterocycles. The number of aliphatic imine (C=N–C) groups is 1. The largest absolute Gasteiger partial charge is 0.385 e. The van der Waals surface area contributed by atoms with Gasteiger partial charge in [-0.3, -0.25) is 4.99 Å². The summed E-state index contributed by atoms with van der Waals surface area (Å²) in [5.41, 5.74) is 0.389. The number of hydrogen-bond acceptors (Lipinski definition) is 4. The third-order valence-electron chi connectivity index (χ3n) is 6.23. The molecule has 1 aliphatic heterocycles. The number of guanidine groups is 1. The zero-order valence-electron chi connectivity index (χ0n) is 17.6. The van der Waals surface area contributed by atoms with Gasteiger partial charge in [-0.05, 0) is 56.5 Å². The normalized spacial score (nSPS) is 21.1. The average Bonchev–Trinajstić information content (AvgIpc) is 3.15. The van der Waals surface area contributed by atoms with Gasteiger partial charge in [0.15, 0.2) is 5.96 Å². The Kier molecular flexibility index (Phi) is 12.9. The molecule has 7 heteroatoms. The Morgan fingerprint density at radius 2 is 1.74 bits per heavy atom. The van der Waals surface area contributed by atoms with Crippen molar-refractivity contribution in [2.24, 2.45) is 16.3 Å². The molecule has 1 saturated carbocycles. The van der Waals surface area contributed by atoms with Crippen molar-refractivity contribution in [1.82, 2.24) is 15.5 Å². The maximum Gasteiger partial charge on any atom is 0.191 e. The molecule has 0 amide bonds. The van der Waals surface area contributed by atoms with E-state index >= 15 is 0 Å². The molecule has 0 unspecified atom stereocenters. The highest BCUT2D eigenvalue weighted by Gasteiger charge is 2.33. The number of rotatable bonds is 10. The van der Waals surface area contributed by atoms with Crippen LogP contribution in [0.4, 0.5) is 0 Å². The van der Waals surface area contributed by atoms with Crippen LogP contribution in [-0.4, -0.2) is 78.1 Å². The molecule has 0 bridgehead atoms. The summed E-state index contributed by atoms with van der Waals surface area (Å²) in [5, 5.41) is 7.15. The Labute approximate surface area is 183 Å². The Morgan fingerprint density at radius 1 is 1.07 bits per heavy atom. The summed E-state index contributed by atoms with van der Waals surface area (Å²) in [7, 11) is 5.45. The summed E-state index contributed by atoms with van der Waals surface area (Å²) in [6.07, 6.45) is 8.96. The van der Waals surface area contributed by atoms with Crippen LogP contribution >= 0.6 is 24.0 Å². The molecular formula is C20H41IN4O2. The van der Waals surface area contributed by atoms with Gasteiger partial charge in [-0.25, -0.2) is 0 Å². The predicted molar refractivity (Wildman–Crippen MR) is 123 cm³/mol. The number of halogens is 1. The van der Waals surface area contributed by atoms with E-state index in [1.54, 1.807) is 14.2 Å². The van der Waals surface area contributed by atoms with Gasteiger partial charge in [0.1, 0.15) is 0 Å². The molecule has 2 aliphatic rings. The van der Waals surface area contributed by atoms with Gasteiger partial charge in [0, 0.05) is 47.5 Å². The van der Waals surface area contributed by atoms with Gasteiger partial charge >= 0.3 is 0 Å². The van der Waals surface area contributed by atoms with Crippen LogP contribution in [0.25, 0.3) is 0 Å². The van der Waals surface area contributed by atoms with Crippen molar-refractivity contribution in [3.63, 3.8) is 0 Å². The van der Waals surface area contributed by atoms with Gasteiger partial charge < -0.3 is 25.0 Å². The lowest BCUT2D eigenvalue weighted by atomic mass is 9.83. The van der Waals surface area contributed by atoms with Gasteiger partial charge in [0.2, 0.25) is 0 Å². The second kappa shape index (κ2) is 14.0. The van der Waals surface area contributed by atoms with Crippen LogP contribution in [0.1, 0.15) is 44.9 Å². The first-order valence-corrected chi connectivity index (χ1v) is 10.4. The SMILES string of the molecule is CN=C(NCC1CCN(CCOC)CC1)NCC1(CCOC)CCCC1.I. The third kappa shape index (κ3) is 8.83. The standard InChI is InChI=1S/C20H40N4O2.HI/c1-21-19(23-17-20(10-14-25-2)8-4-5-9-20)22-16-18-6-11-24(12-7-18)13-15-26-3;/h18H,4-17H2,1-3H3,(H2,21,22,23);1H. The van der Waals surface area contributed by atoms with Crippen molar-refractivity contribution in [2.75, 3.05) is 67.2 Å². The first-order chi connectivity index (χ1) is 12.7. The lowest BCUT2D eigenvalue weighted by Gasteiger charge is -2.33. The number of ether oxygens (including phenoxy) is 2. The molecule has 6 nitrogen and oxygen atoms in total. The van der Waals surface area contributed by atoms with Crippen molar-refractivity contribution in [2.45, 2.75) is 44.9 Å². The van der Waals surface area contributed by atoms with E-state index in [2.05, 4.69) is 20.5 Å². The number of nitrogens with zero attached hydrogens (tertiary/aromatic N) is 2. The molecule has 160 valence electrons. The van der Waals surface area contributed by atoms with Gasteiger partial charge in [0.25, 0.3) is 0 Å². The molecule has 0 atom stereocenters. The number of hydrogen-bond donors (Lipinski definition) is 2. The monoisotopic (exact) mass is 496 g/mol. The summed E-state index contributed by atoms with van der Waals surface area (Å²) < 4.78 is 10.5. The Morgan fingerprint density at radius 3 is 2.33 bits per heavy atom. The summed E-state index contributed by atoms with van der Waals surface area (Å²) in [4.78, 5) is 6.94. The molecule has 27 heavy (non-hydrogen) atoms. The number of likely N-dealkylation sites (tertiary alicyclic amines) is 1. The van der Waals surface area contributed by atoms with E-state index in [1.165, 1.54) is 51.6 Å². The first kappa shape index (κ1) is 24.9. The van der Waals surface area contributed by atoms with E-state index in [0.29, 0.717) is 5.41 Å². The van der Waals surface area contributed by atoms with Crippen molar-refractivity contribution < 1.29 is 9.47 Å². The van der Waals surface area contributed by atoms with Crippen LogP contribution in [0.3, 0.4) is 0 Å². The molecule has 2 fully saturated rings. The zero-order valence-corrected chi connectivity index (χ0v) is 19.9. The minimum absolute atomic E-state index is 0. The average molecular weight is 496 g/mol. The third-order valence-corrected chi connectivity index (χ3v) is 6.23. The topological polar surface area (TPSA) is 58.1 Å². The van der Waals surface area contributed by atoms with Gasteiger partial charge in [-0.2, -0.15) is 0 Å². The molecule has 0 aromatic heterocycles. The lowest BCUT2D eigenvalue weighted by molar-refractivity contribution is 0.120. The quantitative estimate of drug-likeness (QED) is 0.277. The number of methoxy groups -OCH3 is 2. The summed E-state index contributed by atoms with van der Waals surface area (Å²) in [5.74, 6) is 1.69. The van der Waals surface area contributed by atoms with Crippen LogP contribution in [-0.2, 0) is 9.47 Å². The number of piperidine rings is 1. The van der Waals surface area contributed by atoms with E-state index in [4.69, 9.17) is 9.47 Å². The maximum absolute atomic E-state index is 5.34. The summed E-state index contributed by atoms with van der Waals surface area (Å²) >= 11 is 0. The summed E-state index contributed by atoms with van der Waals surface area (Å²) in [6, 6.07) is 0. The second-order valence-electron chi connectivity index (χ2n) is 8.03. The van der Waals surface area contributed by atoms with E-state index in [0.717, 1.165) is 51.1 Å². The smallest absolute Gasteiger partial charge is 0.191 e. The van der Waals surface area contributed by atoms with Gasteiger partial charge in [-0.1, -0.05) is 12.8 Å². The molecule has 2 N–H and O–H groups in total. The Balaban J connectivity index is 0.00000364. The number of nitrogens with one attached hydrogen (secondary N) is 2. The van der Waals surface area contributed by atoms with Crippen LogP contribution in [0, 0.1) is 11.3 Å². The first-order valence-electron chi connectivity index (χ1n) is 10.4. The van der Waals surface area contributed by atoms with Crippen molar-refractivity contribution in [3.8, 4) is 0 Å². The van der Waals surface area contributed by atoms with Crippen LogP contribution in [0.5, 0.6) is 0 Å². The van der Waals surface area contributed by atoms with Crippen molar-refractivity contribution in [1.29, 1.82) is 0 Å². The minimum atomic E-state index is 0. The van der Waals surface area contributed by atoms with Crippen molar-refractivity contribution in [3.05, 3.63) is 0 Å². The Hall–Kier alpha value is -0.120. The van der Waals surface area contributed by atoms with Crippen LogP contribution in [0.15, 0.2) is 4.99 Å². The van der Waals surface area contributed by atoms with Gasteiger partial charge in [-0.15, -0.1) is 24.0 Å². The molecule has 0 aromatic carbocycles. The highest BCUT2D eigenvalue weighted by molar-refractivity contribution is 14.0. The fraction of sp³-hybridized carbons (Fsp3) is 0.950. The van der Waals surface area contributed by atoms with Crippen LogP contribution < -0.4 is 10.6 Å². The fourth-order valence-electron chi connectivity index (χ4n) is 4.33. The second-order valence-corrected chi connectivity index (χ2v) is 8.03. The highest BCUT2D eigenvalue weighted by Crippen LogP contribution is 2.40. The van der Waals surface area contributed by atoms with E-state index in [-0.39, 0.29) is 24.0 Å². The molecule has 2 rings (SSSR count). The molecule has 0 spiro atoms. The predicted octanol–water partition coefficient (Wildman–Crippen LogP) is 2.72. The van der Waals surface area contributed by atoms with Crippen molar-refractivity contribution >= 4 is 29.9 Å². The zero-order chi connectivity index (χ0) is 18.7. The summed E-state index contributed by atoms with van der Waals surface area (Å²) in [6.45, 7) is 7.14. The highest BCUT2D eigenvalue weighted by atomic mass is 127. The lowest BCUT2D eigenvalue weighted by Crippen LogP contribution is -2.46. The fourth-order valence-corrected chi connectivity index (χ4v) is 4.33. The van der Waals surface area contributed by atoms with E-state index < -0.39 is 0 Å². The van der Waals surface area contributed by atoms with Gasteiger partial charge in [0.05, 0.1) is 6.61 Å².